The number of allylic oxidation sites excluding steroid dienone is 2. The van der Waals surface area contributed by atoms with E-state index in [1.54, 1.807) is 21.1 Å². The molecule has 4 nitrogen and oxygen atoms in total. The molecule has 0 atom stereocenters. The Labute approximate surface area is 248 Å². The molecule has 204 valence electrons. The van der Waals surface area contributed by atoms with Gasteiger partial charge in [0, 0.05) is 23.4 Å². The highest BCUT2D eigenvalue weighted by molar-refractivity contribution is 6.45. The normalized spacial score (nSPS) is 14.0. The number of halogens is 1. The number of carbonyl (C=O) groups is 1. The van der Waals surface area contributed by atoms with Crippen molar-refractivity contribution < 1.29 is 18.3 Å². The molecule has 8 rings (SSSR count). The fourth-order valence-corrected chi connectivity index (χ4v) is 6.36. The molecule has 6 heteroatoms. The Morgan fingerprint density at radius 3 is 1.93 bits per heavy atom. The summed E-state index contributed by atoms with van der Waals surface area (Å²) < 4.78 is 25.6. The first-order valence-corrected chi connectivity index (χ1v) is 14.2. The zero-order valence-electron chi connectivity index (χ0n) is 23.4. The van der Waals surface area contributed by atoms with Crippen LogP contribution in [0.1, 0.15) is 27.2 Å². The third-order valence-corrected chi connectivity index (χ3v) is 8.46. The van der Waals surface area contributed by atoms with Crippen LogP contribution in [-0.2, 0) is 4.74 Å². The van der Waals surface area contributed by atoms with Gasteiger partial charge in [-0.2, -0.15) is 0 Å². The van der Waals surface area contributed by atoms with Crippen molar-refractivity contribution >= 4 is 46.1 Å². The lowest BCUT2D eigenvalue weighted by atomic mass is 9.88. The summed E-state index contributed by atoms with van der Waals surface area (Å²) in [6.45, 7) is 0. The summed E-state index contributed by atoms with van der Waals surface area (Å²) >= 11 is 0. The SMILES string of the molecule is COC(=O)c1ccc(C2=C3C=CC(c4ccc5ccccc5c4)=[N+]3B(F)n3c2ccc3-c2ccc3ccccc3c2)cc1. The number of fused-ring (bicyclic) bond motifs is 4. The molecule has 43 heavy (non-hydrogen) atoms. The van der Waals surface area contributed by atoms with Crippen molar-refractivity contribution in [2.45, 2.75) is 0 Å². The number of hydrogen-bond donors (Lipinski definition) is 0. The summed E-state index contributed by atoms with van der Waals surface area (Å²) in [6, 6.07) is 40.2. The molecule has 0 radical (unpaired) electrons. The van der Waals surface area contributed by atoms with Crippen LogP contribution in [0.4, 0.5) is 4.32 Å². The Hall–Kier alpha value is -5.49. The maximum Gasteiger partial charge on any atom is 0.846 e. The van der Waals surface area contributed by atoms with Gasteiger partial charge < -0.3 is 4.74 Å². The van der Waals surface area contributed by atoms with Crippen molar-refractivity contribution in [3.05, 3.63) is 162 Å². The lowest BCUT2D eigenvalue weighted by molar-refractivity contribution is -0.333. The second kappa shape index (κ2) is 9.81. The van der Waals surface area contributed by atoms with Crippen LogP contribution in [0.15, 0.2) is 139 Å². The summed E-state index contributed by atoms with van der Waals surface area (Å²) in [7, 11) is -0.105. The molecule has 0 bridgehead atoms. The quantitative estimate of drug-likeness (QED) is 0.163. The van der Waals surface area contributed by atoms with Gasteiger partial charge in [0.1, 0.15) is 0 Å². The van der Waals surface area contributed by atoms with Gasteiger partial charge in [-0.25, -0.2) is 13.6 Å². The van der Waals surface area contributed by atoms with Crippen molar-refractivity contribution in [1.29, 1.82) is 0 Å². The van der Waals surface area contributed by atoms with Crippen molar-refractivity contribution in [2.75, 3.05) is 7.11 Å². The van der Waals surface area contributed by atoms with Crippen molar-refractivity contribution in [3.63, 3.8) is 0 Å². The summed E-state index contributed by atoms with van der Waals surface area (Å²) in [5, 5.41) is 4.47. The van der Waals surface area contributed by atoms with Gasteiger partial charge in [0.15, 0.2) is 11.4 Å². The number of esters is 1. The monoisotopic (exact) mass is 559 g/mol. The van der Waals surface area contributed by atoms with Crippen molar-refractivity contribution in [2.24, 2.45) is 0 Å². The molecule has 0 spiro atoms. The number of aromatic nitrogens is 1. The van der Waals surface area contributed by atoms with E-state index in [1.165, 1.54) is 7.11 Å². The lowest BCUT2D eigenvalue weighted by Gasteiger charge is -2.21. The Kier molecular flexibility index (Phi) is 5.76. The molecular weight excluding hydrogens is 534 g/mol. The fraction of sp³-hybridized carbons (Fsp3) is 0.0270. The molecular formula is C37H25BFN2O2+. The Bertz CT molecular complexity index is 2210. The van der Waals surface area contributed by atoms with E-state index in [4.69, 9.17) is 4.74 Å². The van der Waals surface area contributed by atoms with Crippen LogP contribution >= 0.6 is 0 Å². The maximum absolute atomic E-state index is 17.1. The number of hydrogen-bond acceptors (Lipinski definition) is 2. The first-order valence-electron chi connectivity index (χ1n) is 14.2. The summed E-state index contributed by atoms with van der Waals surface area (Å²) in [5.74, 6) is -0.395. The molecule has 6 aromatic rings. The smallest absolute Gasteiger partial charge is 0.465 e. The predicted molar refractivity (Wildman–Crippen MR) is 171 cm³/mol. The molecule has 0 amide bonds. The minimum Gasteiger partial charge on any atom is -0.465 e. The molecule has 0 saturated carbocycles. The van der Waals surface area contributed by atoms with E-state index in [0.717, 1.165) is 66.6 Å². The van der Waals surface area contributed by atoms with E-state index in [1.807, 2.05) is 60.7 Å². The molecule has 1 aromatic heterocycles. The van der Waals surface area contributed by atoms with E-state index in [2.05, 4.69) is 60.7 Å². The first-order chi connectivity index (χ1) is 21.1. The van der Waals surface area contributed by atoms with E-state index >= 15 is 4.32 Å². The molecule has 2 aliphatic heterocycles. The van der Waals surface area contributed by atoms with E-state index in [9.17, 15) is 4.79 Å². The lowest BCUT2D eigenvalue weighted by Crippen LogP contribution is -2.40. The topological polar surface area (TPSA) is 34.2 Å². The summed E-state index contributed by atoms with van der Waals surface area (Å²) in [5.41, 5.74) is 7.26. The average molecular weight is 559 g/mol. The van der Waals surface area contributed by atoms with Crippen LogP contribution in [0.3, 0.4) is 0 Å². The number of ether oxygens (including phenoxy) is 1. The van der Waals surface area contributed by atoms with Gasteiger partial charge >= 0.3 is 13.2 Å². The predicted octanol–water partition coefficient (Wildman–Crippen LogP) is 7.90. The highest BCUT2D eigenvalue weighted by atomic mass is 19.1. The van der Waals surface area contributed by atoms with Gasteiger partial charge in [-0.15, -0.1) is 0 Å². The Balaban J connectivity index is 1.36. The molecule has 0 N–H and O–H groups in total. The second-order valence-corrected chi connectivity index (χ2v) is 10.8. The van der Waals surface area contributed by atoms with Gasteiger partial charge in [0.25, 0.3) is 0 Å². The summed E-state index contributed by atoms with van der Waals surface area (Å²) in [6.07, 6.45) is 3.99. The molecule has 0 aliphatic carbocycles. The molecule has 3 heterocycles. The number of rotatable bonds is 4. The van der Waals surface area contributed by atoms with Crippen LogP contribution in [-0.4, -0.2) is 35.0 Å². The zero-order chi connectivity index (χ0) is 29.1. The van der Waals surface area contributed by atoms with Crippen LogP contribution < -0.4 is 0 Å². The molecule has 2 aliphatic rings. The minimum atomic E-state index is -1.48. The van der Waals surface area contributed by atoms with Gasteiger partial charge in [-0.1, -0.05) is 78.9 Å². The molecule has 5 aromatic carbocycles. The van der Waals surface area contributed by atoms with Gasteiger partial charge in [-0.05, 0) is 75.1 Å². The number of carbonyl (C=O) groups excluding carboxylic acids is 1. The Morgan fingerprint density at radius 2 is 1.26 bits per heavy atom. The number of benzene rings is 5. The average Bonchev–Trinajstić information content (AvgIpc) is 3.70. The Morgan fingerprint density at radius 1 is 0.674 bits per heavy atom. The van der Waals surface area contributed by atoms with Gasteiger partial charge in [-0.3, -0.25) is 4.48 Å². The number of methoxy groups -OCH3 is 1. The maximum atomic E-state index is 17.1. The van der Waals surface area contributed by atoms with Gasteiger partial charge in [0.2, 0.25) is 0 Å². The zero-order valence-corrected chi connectivity index (χ0v) is 23.4. The molecule has 0 unspecified atom stereocenters. The van der Waals surface area contributed by atoms with E-state index in [-0.39, 0.29) is 0 Å². The largest absolute Gasteiger partial charge is 0.846 e. The van der Waals surface area contributed by atoms with Crippen LogP contribution in [0, 0.1) is 0 Å². The number of nitrogens with zero attached hydrogens (tertiary/aromatic N) is 2. The first kappa shape index (κ1) is 25.2. The summed E-state index contributed by atoms with van der Waals surface area (Å²) in [4.78, 5) is 12.2. The third kappa shape index (κ3) is 3.98. The fourth-order valence-electron chi connectivity index (χ4n) is 6.36. The van der Waals surface area contributed by atoms with Crippen molar-refractivity contribution in [3.8, 4) is 11.3 Å². The third-order valence-electron chi connectivity index (χ3n) is 8.46. The highest BCUT2D eigenvalue weighted by Crippen LogP contribution is 2.40. The van der Waals surface area contributed by atoms with E-state index < -0.39 is 13.2 Å². The highest BCUT2D eigenvalue weighted by Gasteiger charge is 2.51. The molecule has 0 fully saturated rings. The van der Waals surface area contributed by atoms with Crippen LogP contribution in [0.2, 0.25) is 0 Å². The second-order valence-electron chi connectivity index (χ2n) is 10.8. The van der Waals surface area contributed by atoms with Crippen molar-refractivity contribution in [1.82, 2.24) is 4.48 Å². The van der Waals surface area contributed by atoms with Crippen LogP contribution in [0.25, 0.3) is 38.4 Å². The molecule has 0 saturated heterocycles. The van der Waals surface area contributed by atoms with E-state index in [0.29, 0.717) is 5.56 Å². The standard InChI is InChI=1S/C37H25BFN2O2/c1-43-37(42)27-14-12-26(13-15-27)36-34-20-18-32(30-16-10-24-6-2-4-8-28(24)22-30)40(34)38(39)41-33(19-21-35(36)41)31-17-11-25-7-3-5-9-29(25)23-31/h2-23H,1H3/q+1. The van der Waals surface area contributed by atoms with Crippen LogP contribution in [0.5, 0.6) is 0 Å². The van der Waals surface area contributed by atoms with Gasteiger partial charge in [0.05, 0.1) is 23.9 Å². The minimum absolute atomic E-state index is 0.395.